The average molecular weight is 1150 g/mol. The maximum atomic E-state index is 2.33. The van der Waals surface area contributed by atoms with E-state index in [4.69, 9.17) is 0 Å². The van der Waals surface area contributed by atoms with Crippen LogP contribution in [0.15, 0.2) is 0 Å². The summed E-state index contributed by atoms with van der Waals surface area (Å²) >= 11 is 0. The van der Waals surface area contributed by atoms with Crippen molar-refractivity contribution in [1.82, 2.24) is 0 Å². The monoisotopic (exact) mass is 1150 g/mol. The standard InChI is InChI=1S/3C8H18.4C7H16.2C6H14.C5H12.10CH4/c1-7(2)5-6-8(3)4;1-5-7-8(3,4)6-2;1-5-7(3)8(4)6-2;1-6(2)5-7(3)4;1-5-6-7(2,3)4;1-5-7(3,4)6-2;1-5-7(4)6(2)3;1-5-6(2,3)4;1-5(2)6(3)4;1-5(2,3)4;;;;;;;;;;/h7-8H,5-6H2,1-4H3;5-7H2,1-4H3;7-8H,5-6H2,1-4H3;6-7H,5H2,1-4H3;2*5-6H2,1-4H3;6-7H,5H2,1-4H3;5H2,1-4H3;5-6H,1-4H3;1-4H3;10*1H4. The van der Waals surface area contributed by atoms with Crippen LogP contribution in [0.2, 0.25) is 0 Å². The van der Waals surface area contributed by atoms with E-state index in [1.807, 2.05) is 0 Å². The Morgan fingerprint density at radius 1 is 0.253 bits per heavy atom. The third kappa shape index (κ3) is 204. The predicted molar refractivity (Wildman–Crippen MR) is 406 cm³/mol. The highest BCUT2D eigenvalue weighted by Gasteiger charge is 2.12. The molecule has 0 amide bonds. The van der Waals surface area contributed by atoms with Crippen LogP contribution in [0.25, 0.3) is 0 Å². The summed E-state index contributed by atoms with van der Waals surface area (Å²) in [6, 6.07) is 0. The zero-order valence-corrected chi connectivity index (χ0v) is 58.2. The second-order valence-electron chi connectivity index (χ2n) is 29.6. The summed E-state index contributed by atoms with van der Waals surface area (Å²) in [6.45, 7) is 90.4. The molecule has 0 aliphatic carbocycles. The Morgan fingerprint density at radius 2 is 0.468 bits per heavy atom. The van der Waals surface area contributed by atoms with Gasteiger partial charge in [-0.05, 0) is 106 Å². The summed E-state index contributed by atoms with van der Waals surface area (Å²) < 4.78 is 0. The highest BCUT2D eigenvalue weighted by Crippen LogP contribution is 2.25. The van der Waals surface area contributed by atoms with Crippen molar-refractivity contribution >= 4 is 0 Å². The number of hydrogen-bond donors (Lipinski definition) is 0. The van der Waals surface area contributed by atoms with E-state index in [2.05, 4.69) is 277 Å². The minimum Gasteiger partial charge on any atom is -0.0776 e. The molecule has 3 atom stereocenters. The molecule has 0 saturated carbocycles. The summed E-state index contributed by atoms with van der Waals surface area (Å²) in [5.41, 5.74) is 2.77. The van der Waals surface area contributed by atoms with E-state index in [9.17, 15) is 0 Å². The average Bonchev–Trinajstić information content (AvgIpc) is 3.19. The summed E-state index contributed by atoms with van der Waals surface area (Å²) in [7, 11) is 0. The zero-order valence-electron chi connectivity index (χ0n) is 58.2. The number of hydrogen-bond acceptors (Lipinski definition) is 0. The third-order valence-corrected chi connectivity index (χ3v) is 13.5. The van der Waals surface area contributed by atoms with Crippen LogP contribution in [0.5, 0.6) is 0 Å². The molecule has 0 saturated heterocycles. The lowest BCUT2D eigenvalue weighted by Gasteiger charge is -2.20. The lowest BCUT2D eigenvalue weighted by Crippen LogP contribution is -2.07. The second kappa shape index (κ2) is 84.5. The van der Waals surface area contributed by atoms with Crippen molar-refractivity contribution < 1.29 is 0 Å². The molecule has 0 radical (unpaired) electrons. The Morgan fingerprint density at radius 3 is 0.506 bits per heavy atom. The molecule has 0 aliphatic heterocycles. The summed E-state index contributed by atoms with van der Waals surface area (Å²) in [5.74, 6) is 8.83. The van der Waals surface area contributed by atoms with Gasteiger partial charge in [-0.1, -0.05) is 422 Å². The van der Waals surface area contributed by atoms with Crippen LogP contribution in [-0.4, -0.2) is 0 Å². The molecule has 0 nitrogen and oxygen atoms in total. The van der Waals surface area contributed by atoms with Crippen molar-refractivity contribution in [2.45, 2.75) is 441 Å². The van der Waals surface area contributed by atoms with Crippen molar-refractivity contribution in [2.24, 2.45) is 86.3 Å². The van der Waals surface area contributed by atoms with Crippen molar-refractivity contribution in [3.05, 3.63) is 0 Å². The van der Waals surface area contributed by atoms with Crippen LogP contribution in [0.4, 0.5) is 0 Å². The molecule has 0 aliphatic rings. The minimum absolute atomic E-state index is 0. The first kappa shape index (κ1) is 138. The van der Waals surface area contributed by atoms with Gasteiger partial charge in [-0.2, -0.15) is 0 Å². The number of rotatable bonds is 17. The molecule has 79 heavy (non-hydrogen) atoms. The summed E-state index contributed by atoms with van der Waals surface area (Å²) in [5, 5.41) is 0. The van der Waals surface area contributed by atoms with Crippen LogP contribution in [-0.2, 0) is 0 Å². The van der Waals surface area contributed by atoms with E-state index in [0.717, 1.165) is 59.2 Å². The van der Waals surface area contributed by atoms with Gasteiger partial charge in [-0.15, -0.1) is 0 Å². The highest BCUT2D eigenvalue weighted by atomic mass is 14.2. The van der Waals surface area contributed by atoms with Gasteiger partial charge in [0, 0.05) is 0 Å². The van der Waals surface area contributed by atoms with Crippen LogP contribution in [0, 0.1) is 86.3 Å². The Kier molecular flexibility index (Phi) is 148. The van der Waals surface area contributed by atoms with E-state index in [-0.39, 0.29) is 74.3 Å². The summed E-state index contributed by atoms with van der Waals surface area (Å²) in [4.78, 5) is 0. The van der Waals surface area contributed by atoms with Crippen LogP contribution < -0.4 is 0 Å². The Balaban J connectivity index is -0.0000000269. The fourth-order valence-electron chi connectivity index (χ4n) is 4.74. The van der Waals surface area contributed by atoms with Gasteiger partial charge in [0.05, 0.1) is 0 Å². The predicted octanol–water partition coefficient (Wildman–Crippen LogP) is 33.6. The van der Waals surface area contributed by atoms with Gasteiger partial charge in [-0.3, -0.25) is 0 Å². The smallest absolute Gasteiger partial charge is 0.0357 e. The van der Waals surface area contributed by atoms with Gasteiger partial charge in [0.2, 0.25) is 0 Å². The van der Waals surface area contributed by atoms with Crippen molar-refractivity contribution in [1.29, 1.82) is 0 Å². The molecule has 0 spiro atoms. The van der Waals surface area contributed by atoms with Crippen molar-refractivity contribution in [2.75, 3.05) is 0 Å². The summed E-state index contributed by atoms with van der Waals surface area (Å²) in [6.07, 6.45) is 18.6. The Bertz CT molecular complexity index is 828. The van der Waals surface area contributed by atoms with E-state index in [0.29, 0.717) is 27.1 Å². The van der Waals surface area contributed by atoms with Crippen molar-refractivity contribution in [3.63, 3.8) is 0 Å². The molecular weight excluding hydrogens is 949 g/mol. The Hall–Kier alpha value is 0. The van der Waals surface area contributed by atoms with Crippen LogP contribution >= 0.6 is 0 Å². The fraction of sp³-hybridized carbons (Fsp3) is 1.00. The zero-order chi connectivity index (χ0) is 58.2. The molecule has 0 bridgehead atoms. The van der Waals surface area contributed by atoms with E-state index in [1.54, 1.807) is 0 Å². The van der Waals surface area contributed by atoms with E-state index >= 15 is 0 Å². The van der Waals surface area contributed by atoms with Gasteiger partial charge in [0.25, 0.3) is 0 Å². The molecule has 0 fully saturated rings. The first-order chi connectivity index (χ1) is 30.7. The largest absolute Gasteiger partial charge is 0.0776 e. The quantitative estimate of drug-likeness (QED) is 0.136. The molecule has 514 valence electrons. The van der Waals surface area contributed by atoms with Crippen LogP contribution in [0.1, 0.15) is 441 Å². The Labute approximate surface area is 524 Å². The van der Waals surface area contributed by atoms with Gasteiger partial charge < -0.3 is 0 Å². The van der Waals surface area contributed by atoms with Gasteiger partial charge in [0.1, 0.15) is 0 Å². The lowest BCUT2D eigenvalue weighted by molar-refractivity contribution is 0.319. The van der Waals surface area contributed by atoms with Crippen molar-refractivity contribution in [3.8, 4) is 0 Å². The third-order valence-electron chi connectivity index (χ3n) is 13.5. The highest BCUT2D eigenvalue weighted by molar-refractivity contribution is 4.64. The first-order valence-electron chi connectivity index (χ1n) is 30.7. The lowest BCUT2D eigenvalue weighted by atomic mass is 9.86. The van der Waals surface area contributed by atoms with E-state index < -0.39 is 0 Å². The fourth-order valence-corrected chi connectivity index (χ4v) is 4.74. The SMILES string of the molecule is C.C.C.C.C.C.C.C.C.C.CC(C)(C)C.CC(C)C(C)C.CC(C)CC(C)C.CC(C)CCC(C)C.CCC(C)(C)C.CCC(C)(C)CC.CCC(C)C(C)C.CCC(C)C(C)CC.CCCC(C)(C)C.CCCC(C)(C)CC. The molecule has 0 heterocycles. The molecule has 0 heteroatoms. The molecule has 0 aromatic carbocycles. The first-order valence-corrected chi connectivity index (χ1v) is 30.7. The van der Waals surface area contributed by atoms with Crippen LogP contribution in [0.3, 0.4) is 0 Å². The maximum Gasteiger partial charge on any atom is -0.0357 e. The van der Waals surface area contributed by atoms with Gasteiger partial charge in [0.15, 0.2) is 0 Å². The molecule has 0 aromatic heterocycles. The second-order valence-corrected chi connectivity index (χ2v) is 29.6. The molecule has 3 unspecified atom stereocenters. The molecule has 0 N–H and O–H groups in total. The maximum absolute atomic E-state index is 2.33. The van der Waals surface area contributed by atoms with Gasteiger partial charge >= 0.3 is 0 Å². The normalized spacial score (nSPS) is 11.1. The van der Waals surface area contributed by atoms with Gasteiger partial charge in [-0.25, -0.2) is 0 Å². The molecular formula is C79H198. The minimum atomic E-state index is 0. The molecule has 0 aromatic rings. The topological polar surface area (TPSA) is 0 Å². The molecule has 0 rings (SSSR count). The van der Waals surface area contributed by atoms with E-state index in [1.165, 1.54) is 89.9 Å².